The number of pyridine rings is 1. The first-order valence-corrected chi connectivity index (χ1v) is 6.32. The molecule has 0 aliphatic heterocycles. The second kappa shape index (κ2) is 4.39. The van der Waals surface area contributed by atoms with E-state index in [0.717, 1.165) is 27.6 Å². The van der Waals surface area contributed by atoms with Gasteiger partial charge in [0.25, 0.3) is 5.56 Å². The van der Waals surface area contributed by atoms with E-state index < -0.39 is 0 Å². The average Bonchev–Trinajstić information content (AvgIpc) is 2.44. The number of nitrogens with zero attached hydrogens (tertiary/aromatic N) is 1. The second-order valence-corrected chi connectivity index (χ2v) is 4.85. The molecule has 0 N–H and O–H groups in total. The quantitative estimate of drug-likeness (QED) is 0.647. The molecule has 0 atom stereocenters. The lowest BCUT2D eigenvalue weighted by molar-refractivity contribution is 0.883. The van der Waals surface area contributed by atoms with Crippen LogP contribution in [0.25, 0.3) is 22.0 Å². The van der Waals surface area contributed by atoms with E-state index in [2.05, 4.69) is 6.07 Å². The van der Waals surface area contributed by atoms with Crippen molar-refractivity contribution in [3.63, 3.8) is 0 Å². The molecule has 1 heterocycles. The Morgan fingerprint density at radius 1 is 0.947 bits per heavy atom. The van der Waals surface area contributed by atoms with Crippen molar-refractivity contribution < 1.29 is 0 Å². The zero-order chi connectivity index (χ0) is 13.4. The van der Waals surface area contributed by atoms with Crippen LogP contribution in [0.4, 0.5) is 0 Å². The van der Waals surface area contributed by atoms with Crippen molar-refractivity contribution in [2.75, 3.05) is 0 Å². The van der Waals surface area contributed by atoms with Gasteiger partial charge in [0.05, 0.1) is 5.69 Å². The van der Waals surface area contributed by atoms with Gasteiger partial charge in [-0.1, -0.05) is 48.0 Å². The fourth-order valence-corrected chi connectivity index (χ4v) is 2.40. The molecular weight excluding hydrogens is 234 g/mol. The predicted octanol–water partition coefficient (Wildman–Crippen LogP) is 3.51. The molecule has 1 aromatic heterocycles. The summed E-state index contributed by atoms with van der Waals surface area (Å²) in [5.41, 5.74) is 3.17. The minimum absolute atomic E-state index is 0.0556. The molecule has 0 saturated carbocycles. The van der Waals surface area contributed by atoms with Gasteiger partial charge in [-0.25, -0.2) is 0 Å². The van der Waals surface area contributed by atoms with Crippen molar-refractivity contribution >= 4 is 10.8 Å². The molecule has 0 saturated heterocycles. The molecule has 0 unspecified atom stereocenters. The Morgan fingerprint density at radius 2 is 1.68 bits per heavy atom. The molecule has 2 nitrogen and oxygen atoms in total. The monoisotopic (exact) mass is 249 g/mol. The van der Waals surface area contributed by atoms with Crippen LogP contribution in [0.1, 0.15) is 5.56 Å². The lowest BCUT2D eigenvalue weighted by Crippen LogP contribution is -2.18. The van der Waals surface area contributed by atoms with Gasteiger partial charge in [0.15, 0.2) is 0 Å². The summed E-state index contributed by atoms with van der Waals surface area (Å²) in [5.74, 6) is 0. The normalized spacial score (nSPS) is 10.8. The van der Waals surface area contributed by atoms with Crippen LogP contribution in [0.5, 0.6) is 0 Å². The van der Waals surface area contributed by atoms with Gasteiger partial charge in [0.2, 0.25) is 0 Å². The van der Waals surface area contributed by atoms with E-state index in [9.17, 15) is 4.79 Å². The van der Waals surface area contributed by atoms with Crippen molar-refractivity contribution in [2.24, 2.45) is 7.05 Å². The zero-order valence-electron chi connectivity index (χ0n) is 11.1. The summed E-state index contributed by atoms with van der Waals surface area (Å²) in [6.45, 7) is 2.00. The second-order valence-electron chi connectivity index (χ2n) is 4.85. The molecule has 0 amide bonds. The largest absolute Gasteiger partial charge is 0.311 e. The molecule has 0 spiro atoms. The van der Waals surface area contributed by atoms with E-state index in [-0.39, 0.29) is 5.56 Å². The van der Waals surface area contributed by atoms with E-state index in [1.54, 1.807) is 4.57 Å². The standard InChI is InChI=1S/C17H15NO/c1-12-8-9-14-11-16(13-6-4-3-5-7-13)18(2)17(19)15(14)10-12/h3-11H,1-2H3. The van der Waals surface area contributed by atoms with Crippen LogP contribution in [0.2, 0.25) is 0 Å². The fraction of sp³-hybridized carbons (Fsp3) is 0.118. The van der Waals surface area contributed by atoms with Crippen molar-refractivity contribution in [3.8, 4) is 11.3 Å². The molecule has 3 aromatic rings. The number of hydrogen-bond acceptors (Lipinski definition) is 1. The maximum Gasteiger partial charge on any atom is 0.258 e. The van der Waals surface area contributed by atoms with Gasteiger partial charge >= 0.3 is 0 Å². The maximum atomic E-state index is 12.4. The highest BCUT2D eigenvalue weighted by molar-refractivity contribution is 5.85. The highest BCUT2D eigenvalue weighted by Crippen LogP contribution is 2.21. The highest BCUT2D eigenvalue weighted by Gasteiger charge is 2.07. The number of rotatable bonds is 1. The molecule has 0 aliphatic rings. The van der Waals surface area contributed by atoms with Gasteiger partial charge in [-0.15, -0.1) is 0 Å². The molecule has 0 bridgehead atoms. The van der Waals surface area contributed by atoms with E-state index in [1.807, 2.05) is 62.5 Å². The number of hydrogen-bond donors (Lipinski definition) is 0. The van der Waals surface area contributed by atoms with E-state index in [0.29, 0.717) is 0 Å². The van der Waals surface area contributed by atoms with Crippen molar-refractivity contribution in [1.82, 2.24) is 4.57 Å². The van der Waals surface area contributed by atoms with Crippen LogP contribution < -0.4 is 5.56 Å². The number of benzene rings is 2. The minimum Gasteiger partial charge on any atom is -0.311 e. The first kappa shape index (κ1) is 11.7. The van der Waals surface area contributed by atoms with Gasteiger partial charge in [-0.05, 0) is 30.0 Å². The highest BCUT2D eigenvalue weighted by atomic mass is 16.1. The first-order valence-electron chi connectivity index (χ1n) is 6.32. The molecule has 94 valence electrons. The third kappa shape index (κ3) is 1.95. The van der Waals surface area contributed by atoms with E-state index in [1.165, 1.54) is 0 Å². The van der Waals surface area contributed by atoms with Crippen LogP contribution in [-0.4, -0.2) is 4.57 Å². The van der Waals surface area contributed by atoms with Gasteiger partial charge in [0, 0.05) is 12.4 Å². The summed E-state index contributed by atoms with van der Waals surface area (Å²) < 4.78 is 1.72. The Kier molecular flexibility index (Phi) is 2.71. The third-order valence-electron chi connectivity index (χ3n) is 3.47. The Balaban J connectivity index is 2.37. The lowest BCUT2D eigenvalue weighted by Gasteiger charge is -2.10. The lowest BCUT2D eigenvalue weighted by atomic mass is 10.1. The van der Waals surface area contributed by atoms with Crippen molar-refractivity contribution in [3.05, 3.63) is 70.5 Å². The Bertz CT molecular complexity index is 801. The number of fused-ring (bicyclic) bond motifs is 1. The summed E-state index contributed by atoms with van der Waals surface area (Å²) in [6, 6.07) is 18.1. The van der Waals surface area contributed by atoms with Crippen LogP contribution in [0.3, 0.4) is 0 Å². The van der Waals surface area contributed by atoms with Gasteiger partial charge in [-0.2, -0.15) is 0 Å². The minimum atomic E-state index is 0.0556. The summed E-state index contributed by atoms with van der Waals surface area (Å²) in [5, 5.41) is 1.77. The maximum absolute atomic E-state index is 12.4. The summed E-state index contributed by atoms with van der Waals surface area (Å²) in [7, 11) is 1.83. The summed E-state index contributed by atoms with van der Waals surface area (Å²) in [6.07, 6.45) is 0. The average molecular weight is 249 g/mol. The van der Waals surface area contributed by atoms with Crippen LogP contribution in [0.15, 0.2) is 59.4 Å². The van der Waals surface area contributed by atoms with Crippen LogP contribution >= 0.6 is 0 Å². The van der Waals surface area contributed by atoms with Gasteiger partial charge in [-0.3, -0.25) is 4.79 Å². The third-order valence-corrected chi connectivity index (χ3v) is 3.47. The molecule has 0 aliphatic carbocycles. The number of aromatic nitrogens is 1. The Hall–Kier alpha value is -2.35. The van der Waals surface area contributed by atoms with Crippen molar-refractivity contribution in [2.45, 2.75) is 6.92 Å². The van der Waals surface area contributed by atoms with Crippen LogP contribution in [-0.2, 0) is 7.05 Å². The summed E-state index contributed by atoms with van der Waals surface area (Å²) in [4.78, 5) is 12.4. The Labute approximate surface area is 111 Å². The predicted molar refractivity (Wildman–Crippen MR) is 79.4 cm³/mol. The molecule has 19 heavy (non-hydrogen) atoms. The molecular formula is C17H15NO. The summed E-state index contributed by atoms with van der Waals surface area (Å²) >= 11 is 0. The fourth-order valence-electron chi connectivity index (χ4n) is 2.40. The van der Waals surface area contributed by atoms with Crippen molar-refractivity contribution in [1.29, 1.82) is 0 Å². The SMILES string of the molecule is Cc1ccc2cc(-c3ccccc3)n(C)c(=O)c2c1. The topological polar surface area (TPSA) is 22.0 Å². The smallest absolute Gasteiger partial charge is 0.258 e. The first-order chi connectivity index (χ1) is 9.16. The van der Waals surface area contributed by atoms with Crippen LogP contribution in [0, 0.1) is 6.92 Å². The molecule has 2 aromatic carbocycles. The number of aryl methyl sites for hydroxylation is 1. The molecule has 0 radical (unpaired) electrons. The molecule has 3 rings (SSSR count). The van der Waals surface area contributed by atoms with Gasteiger partial charge < -0.3 is 4.57 Å². The van der Waals surface area contributed by atoms with Gasteiger partial charge in [0.1, 0.15) is 0 Å². The van der Waals surface area contributed by atoms with E-state index >= 15 is 0 Å². The molecule has 0 fully saturated rings. The Morgan fingerprint density at radius 3 is 2.42 bits per heavy atom. The zero-order valence-corrected chi connectivity index (χ0v) is 11.1. The van der Waals surface area contributed by atoms with E-state index in [4.69, 9.17) is 0 Å². The molecule has 2 heteroatoms.